The van der Waals surface area contributed by atoms with Crippen LogP contribution in [0.15, 0.2) is 42.4 Å². The number of aromatic nitrogens is 5. The van der Waals surface area contributed by atoms with Gasteiger partial charge in [-0.2, -0.15) is 0 Å². The number of nitrogens with zero attached hydrogens (tertiary/aromatic N) is 5. The highest BCUT2D eigenvalue weighted by molar-refractivity contribution is 7.10. The van der Waals surface area contributed by atoms with Gasteiger partial charge in [0.25, 0.3) is 0 Å². The topological polar surface area (TPSA) is 56.5 Å². The molecule has 0 spiro atoms. The largest absolute Gasteiger partial charge is 0.321 e. The number of aryl methyl sites for hydroxylation is 2. The second-order valence-electron chi connectivity index (χ2n) is 5.91. The van der Waals surface area contributed by atoms with Crippen molar-refractivity contribution >= 4 is 22.4 Å². The van der Waals surface area contributed by atoms with Gasteiger partial charge in [-0.15, -0.1) is 11.3 Å². The average molecular weight is 335 g/mol. The number of fused-ring (bicyclic) bond motifs is 1. The smallest absolute Gasteiger partial charge is 0.116 e. The lowest BCUT2D eigenvalue weighted by atomic mass is 10.1. The molecule has 0 bridgehead atoms. The van der Waals surface area contributed by atoms with Crippen molar-refractivity contribution in [2.75, 3.05) is 0 Å². The Bertz CT molecular complexity index is 1000. The molecule has 1 atom stereocenters. The van der Waals surface area contributed by atoms with Crippen LogP contribution in [0.25, 0.3) is 22.4 Å². The molecule has 24 heavy (non-hydrogen) atoms. The molecule has 0 fully saturated rings. The second kappa shape index (κ2) is 5.79. The average Bonchev–Trinajstić information content (AvgIpc) is 3.23. The minimum absolute atomic E-state index is 0.118. The lowest BCUT2D eigenvalue weighted by Crippen LogP contribution is -2.05. The van der Waals surface area contributed by atoms with Gasteiger partial charge in [0.15, 0.2) is 0 Å². The van der Waals surface area contributed by atoms with E-state index in [2.05, 4.69) is 52.4 Å². The Labute approximate surface area is 144 Å². The molecule has 0 radical (unpaired) electrons. The molecular formula is C18H17N5S. The number of hydrogen-bond donors (Lipinski definition) is 0. The first-order valence-electron chi connectivity index (χ1n) is 7.79. The van der Waals surface area contributed by atoms with Crippen molar-refractivity contribution in [3.05, 3.63) is 58.6 Å². The van der Waals surface area contributed by atoms with Crippen molar-refractivity contribution in [2.45, 2.75) is 26.8 Å². The Morgan fingerprint density at radius 2 is 1.88 bits per heavy atom. The van der Waals surface area contributed by atoms with Crippen molar-refractivity contribution in [2.24, 2.45) is 0 Å². The summed E-state index contributed by atoms with van der Waals surface area (Å²) in [6.45, 7) is 6.40. The molecular weight excluding hydrogens is 318 g/mol. The van der Waals surface area contributed by atoms with Crippen LogP contribution < -0.4 is 0 Å². The second-order valence-corrected chi connectivity index (χ2v) is 6.80. The summed E-state index contributed by atoms with van der Waals surface area (Å²) < 4.78 is 2.18. The van der Waals surface area contributed by atoms with E-state index < -0.39 is 0 Å². The minimum Gasteiger partial charge on any atom is -0.321 e. The highest BCUT2D eigenvalue weighted by Crippen LogP contribution is 2.29. The molecule has 0 aliphatic heterocycles. The Hall–Kier alpha value is -2.60. The van der Waals surface area contributed by atoms with E-state index in [0.29, 0.717) is 0 Å². The van der Waals surface area contributed by atoms with E-state index in [0.717, 1.165) is 27.4 Å². The molecule has 4 aromatic rings. The first-order chi connectivity index (χ1) is 11.6. The fourth-order valence-electron chi connectivity index (χ4n) is 2.74. The van der Waals surface area contributed by atoms with Crippen molar-refractivity contribution in [1.29, 1.82) is 0 Å². The van der Waals surface area contributed by atoms with Gasteiger partial charge in [-0.05, 0) is 44.0 Å². The van der Waals surface area contributed by atoms with Gasteiger partial charge in [0.2, 0.25) is 0 Å². The van der Waals surface area contributed by atoms with E-state index in [4.69, 9.17) is 4.98 Å². The minimum atomic E-state index is 0.118. The molecule has 0 unspecified atom stereocenters. The molecule has 120 valence electrons. The molecule has 0 aliphatic carbocycles. The molecule has 0 amide bonds. The maximum atomic E-state index is 4.75. The Kier molecular flexibility index (Phi) is 3.61. The van der Waals surface area contributed by atoms with Crippen LogP contribution in [0.5, 0.6) is 0 Å². The van der Waals surface area contributed by atoms with E-state index in [1.54, 1.807) is 29.9 Å². The third-order valence-corrected chi connectivity index (χ3v) is 5.33. The number of benzene rings is 1. The zero-order valence-electron chi connectivity index (χ0n) is 13.8. The molecule has 1 aromatic carbocycles. The zero-order chi connectivity index (χ0) is 16.7. The van der Waals surface area contributed by atoms with Crippen LogP contribution in [-0.2, 0) is 0 Å². The van der Waals surface area contributed by atoms with Gasteiger partial charge in [-0.1, -0.05) is 0 Å². The quantitative estimate of drug-likeness (QED) is 0.564. The molecule has 3 aromatic heterocycles. The molecule has 0 aliphatic rings. The van der Waals surface area contributed by atoms with E-state index in [1.807, 2.05) is 11.7 Å². The maximum Gasteiger partial charge on any atom is 0.116 e. The van der Waals surface area contributed by atoms with Crippen LogP contribution in [0.1, 0.15) is 29.1 Å². The fourth-order valence-corrected chi connectivity index (χ4v) is 3.61. The summed E-state index contributed by atoms with van der Waals surface area (Å²) in [6.07, 6.45) is 6.99. The predicted octanol–water partition coefficient (Wildman–Crippen LogP) is 4.18. The lowest BCUT2D eigenvalue weighted by molar-refractivity contribution is 0.653. The van der Waals surface area contributed by atoms with E-state index in [1.165, 1.54) is 11.1 Å². The van der Waals surface area contributed by atoms with Crippen LogP contribution in [0.3, 0.4) is 0 Å². The van der Waals surface area contributed by atoms with E-state index >= 15 is 0 Å². The number of thiazole rings is 1. The first-order valence-corrected chi connectivity index (χ1v) is 8.67. The monoisotopic (exact) mass is 335 g/mol. The maximum absolute atomic E-state index is 4.75. The normalized spacial score (nSPS) is 12.6. The van der Waals surface area contributed by atoms with E-state index in [9.17, 15) is 0 Å². The Balaban J connectivity index is 1.73. The Morgan fingerprint density at radius 1 is 1.04 bits per heavy atom. The van der Waals surface area contributed by atoms with Crippen LogP contribution >= 0.6 is 11.3 Å². The molecule has 3 heterocycles. The molecule has 0 saturated heterocycles. The van der Waals surface area contributed by atoms with Gasteiger partial charge in [0, 0.05) is 17.8 Å². The van der Waals surface area contributed by atoms with Gasteiger partial charge in [0.1, 0.15) is 16.4 Å². The highest BCUT2D eigenvalue weighted by Gasteiger charge is 2.16. The predicted molar refractivity (Wildman–Crippen MR) is 96.2 cm³/mol. The Morgan fingerprint density at radius 3 is 2.67 bits per heavy atom. The van der Waals surface area contributed by atoms with Crippen LogP contribution in [0, 0.1) is 13.8 Å². The SMILES string of the molecule is Cc1cc2ncn([C@H](C)c3nc(-c4cnccn4)cs3)c2cc1C. The van der Waals surface area contributed by atoms with E-state index in [-0.39, 0.29) is 6.04 Å². The third-order valence-electron chi connectivity index (χ3n) is 4.31. The highest BCUT2D eigenvalue weighted by atomic mass is 32.1. The first kappa shape index (κ1) is 15.0. The third kappa shape index (κ3) is 2.49. The molecule has 0 N–H and O–H groups in total. The molecule has 0 saturated carbocycles. The summed E-state index contributed by atoms with van der Waals surface area (Å²) in [5, 5.41) is 3.07. The standard InChI is InChI=1S/C18H17N5S/c1-11-6-14-17(7-12(11)2)23(10-21-14)13(3)18-22-16(9-24-18)15-8-19-4-5-20-15/h4-10,13H,1-3H3/t13-/m1/s1. The van der Waals surface area contributed by atoms with Gasteiger partial charge >= 0.3 is 0 Å². The van der Waals surface area contributed by atoms with Crippen molar-refractivity contribution in [3.63, 3.8) is 0 Å². The van der Waals surface area contributed by atoms with Crippen molar-refractivity contribution in [3.8, 4) is 11.4 Å². The van der Waals surface area contributed by atoms with Gasteiger partial charge in [-0.3, -0.25) is 9.97 Å². The molecule has 6 heteroatoms. The van der Waals surface area contributed by atoms with Crippen LogP contribution in [-0.4, -0.2) is 24.5 Å². The van der Waals surface area contributed by atoms with Gasteiger partial charge in [-0.25, -0.2) is 9.97 Å². The van der Waals surface area contributed by atoms with Gasteiger partial charge < -0.3 is 4.57 Å². The van der Waals surface area contributed by atoms with Gasteiger partial charge in [0.05, 0.1) is 29.6 Å². The summed E-state index contributed by atoms with van der Waals surface area (Å²) in [7, 11) is 0. The summed E-state index contributed by atoms with van der Waals surface area (Å²) in [4.78, 5) is 17.7. The molecule has 5 nitrogen and oxygen atoms in total. The van der Waals surface area contributed by atoms with Crippen molar-refractivity contribution in [1.82, 2.24) is 24.5 Å². The van der Waals surface area contributed by atoms with Crippen LogP contribution in [0.4, 0.5) is 0 Å². The number of imidazole rings is 1. The molecule has 4 rings (SSSR count). The lowest BCUT2D eigenvalue weighted by Gasteiger charge is -2.12. The summed E-state index contributed by atoms with van der Waals surface area (Å²) >= 11 is 1.64. The fraction of sp³-hybridized carbons (Fsp3) is 0.222. The number of rotatable bonds is 3. The summed E-state index contributed by atoms with van der Waals surface area (Å²) in [5.74, 6) is 0. The number of hydrogen-bond acceptors (Lipinski definition) is 5. The van der Waals surface area contributed by atoms with Crippen LogP contribution in [0.2, 0.25) is 0 Å². The van der Waals surface area contributed by atoms with Crippen molar-refractivity contribution < 1.29 is 0 Å². The zero-order valence-corrected chi connectivity index (χ0v) is 14.6. The summed E-state index contributed by atoms with van der Waals surface area (Å²) in [6, 6.07) is 4.46. The summed E-state index contributed by atoms with van der Waals surface area (Å²) in [5.41, 5.74) is 6.37.